The van der Waals surface area contributed by atoms with Crippen LogP contribution in [-0.4, -0.2) is 31.1 Å². The fourth-order valence-electron chi connectivity index (χ4n) is 2.74. The van der Waals surface area contributed by atoms with E-state index in [1.54, 1.807) is 37.3 Å². The van der Waals surface area contributed by atoms with E-state index in [0.717, 1.165) is 0 Å². The lowest BCUT2D eigenvalue weighted by molar-refractivity contribution is 0.102. The lowest BCUT2D eigenvalue weighted by Gasteiger charge is -2.09. The molecule has 0 saturated heterocycles. The number of benzene rings is 2. The Hall–Kier alpha value is -3.10. The third-order valence-electron chi connectivity index (χ3n) is 4.09. The minimum Gasteiger partial charge on any atom is -0.392 e. The van der Waals surface area contributed by atoms with Crippen molar-refractivity contribution in [2.24, 2.45) is 0 Å². The molecule has 27 heavy (non-hydrogen) atoms. The topological polar surface area (TPSA) is 100 Å². The van der Waals surface area contributed by atoms with Gasteiger partial charge in [-0.05, 0) is 47.9 Å². The Bertz CT molecular complexity index is 949. The summed E-state index contributed by atoms with van der Waals surface area (Å²) in [6.45, 7) is 1.58. The number of halogens is 1. The van der Waals surface area contributed by atoms with Crippen LogP contribution >= 0.6 is 0 Å². The van der Waals surface area contributed by atoms with Crippen LogP contribution in [0.2, 0.25) is 0 Å². The summed E-state index contributed by atoms with van der Waals surface area (Å²) in [5, 5.41) is 29.2. The second-order valence-corrected chi connectivity index (χ2v) is 6.12. The predicted molar refractivity (Wildman–Crippen MR) is 96.5 cm³/mol. The maximum Gasteiger partial charge on any atom is 0.278 e. The Kier molecular flexibility index (Phi) is 5.58. The third kappa shape index (κ3) is 4.36. The first-order valence-corrected chi connectivity index (χ1v) is 8.30. The van der Waals surface area contributed by atoms with Crippen molar-refractivity contribution in [3.63, 3.8) is 0 Å². The Morgan fingerprint density at radius 3 is 2.44 bits per heavy atom. The molecule has 0 radical (unpaired) electrons. The Labute approximate surface area is 155 Å². The zero-order valence-corrected chi connectivity index (χ0v) is 14.7. The number of rotatable bonds is 6. The second-order valence-electron chi connectivity index (χ2n) is 6.12. The van der Waals surface area contributed by atoms with E-state index in [2.05, 4.69) is 15.6 Å². The summed E-state index contributed by atoms with van der Waals surface area (Å²) < 4.78 is 14.8. The van der Waals surface area contributed by atoms with Gasteiger partial charge in [-0.25, -0.2) is 9.07 Å². The number of nitrogens with one attached hydrogen (secondary N) is 1. The molecule has 0 bridgehead atoms. The van der Waals surface area contributed by atoms with Crippen LogP contribution in [0.1, 0.15) is 32.9 Å². The average molecular weight is 370 g/mol. The lowest BCUT2D eigenvalue weighted by atomic mass is 10.1. The van der Waals surface area contributed by atoms with Gasteiger partial charge in [-0.15, -0.1) is 5.10 Å². The molecule has 140 valence electrons. The molecular formula is C19H19FN4O3. The maximum atomic E-state index is 13.3. The van der Waals surface area contributed by atoms with Crippen LogP contribution in [0.25, 0.3) is 0 Å². The highest BCUT2D eigenvalue weighted by Crippen LogP contribution is 2.17. The van der Waals surface area contributed by atoms with Gasteiger partial charge in [-0.3, -0.25) is 4.79 Å². The standard InChI is InChI=1S/C19H19FN4O3/c1-12-18(22-23-24(12)9-13-3-2-4-16(20)6-13)19(27)21-17-7-14(10-25)5-15(8-17)11-26/h2-8,25-26H,9-11H2,1H3,(H,21,27). The molecule has 0 aliphatic rings. The number of aliphatic hydroxyl groups excluding tert-OH is 2. The van der Waals surface area contributed by atoms with Gasteiger partial charge in [-0.2, -0.15) is 0 Å². The van der Waals surface area contributed by atoms with E-state index in [-0.39, 0.29) is 24.7 Å². The minimum absolute atomic E-state index is 0.145. The van der Waals surface area contributed by atoms with Gasteiger partial charge >= 0.3 is 0 Å². The van der Waals surface area contributed by atoms with Crippen molar-refractivity contribution in [3.05, 3.63) is 76.4 Å². The molecule has 3 N–H and O–H groups in total. The van der Waals surface area contributed by atoms with Crippen LogP contribution in [0.3, 0.4) is 0 Å². The van der Waals surface area contributed by atoms with Crippen molar-refractivity contribution >= 4 is 11.6 Å². The Morgan fingerprint density at radius 1 is 1.11 bits per heavy atom. The number of aliphatic hydroxyl groups is 2. The van der Waals surface area contributed by atoms with E-state index in [0.29, 0.717) is 34.6 Å². The van der Waals surface area contributed by atoms with E-state index in [9.17, 15) is 19.4 Å². The summed E-state index contributed by atoms with van der Waals surface area (Å²) in [6.07, 6.45) is 0. The summed E-state index contributed by atoms with van der Waals surface area (Å²) in [4.78, 5) is 12.5. The molecule has 0 aliphatic heterocycles. The highest BCUT2D eigenvalue weighted by Gasteiger charge is 2.17. The number of anilines is 1. The summed E-state index contributed by atoms with van der Waals surface area (Å²) in [6, 6.07) is 11.0. The lowest BCUT2D eigenvalue weighted by Crippen LogP contribution is -2.15. The van der Waals surface area contributed by atoms with Gasteiger partial charge in [0, 0.05) is 5.69 Å². The second kappa shape index (κ2) is 8.07. The van der Waals surface area contributed by atoms with Crippen molar-refractivity contribution < 1.29 is 19.4 Å². The molecule has 1 heterocycles. The van der Waals surface area contributed by atoms with Gasteiger partial charge in [0.1, 0.15) is 5.82 Å². The van der Waals surface area contributed by atoms with Crippen LogP contribution in [0.5, 0.6) is 0 Å². The first-order valence-electron chi connectivity index (χ1n) is 8.30. The molecule has 3 rings (SSSR count). The summed E-state index contributed by atoms with van der Waals surface area (Å²) in [7, 11) is 0. The van der Waals surface area contributed by atoms with Crippen LogP contribution in [0.15, 0.2) is 42.5 Å². The van der Waals surface area contributed by atoms with Gasteiger partial charge in [0.05, 0.1) is 25.5 Å². The highest BCUT2D eigenvalue weighted by molar-refractivity contribution is 6.03. The number of carbonyl (C=O) groups excluding carboxylic acids is 1. The summed E-state index contributed by atoms with van der Waals surface area (Å²) in [5.41, 5.74) is 2.98. The number of nitrogens with zero attached hydrogens (tertiary/aromatic N) is 3. The number of aromatic nitrogens is 3. The van der Waals surface area contributed by atoms with Crippen molar-refractivity contribution in [3.8, 4) is 0 Å². The quantitative estimate of drug-likeness (QED) is 0.616. The number of hydrogen-bond acceptors (Lipinski definition) is 5. The molecule has 3 aromatic rings. The van der Waals surface area contributed by atoms with Crippen LogP contribution in [0.4, 0.5) is 10.1 Å². The SMILES string of the molecule is Cc1c(C(=O)Nc2cc(CO)cc(CO)c2)nnn1Cc1cccc(F)c1. The molecule has 1 aromatic heterocycles. The Morgan fingerprint density at radius 2 is 1.81 bits per heavy atom. The largest absolute Gasteiger partial charge is 0.392 e. The van der Waals surface area contributed by atoms with Crippen molar-refractivity contribution in [2.45, 2.75) is 26.7 Å². The van der Waals surface area contributed by atoms with Gasteiger partial charge in [0.25, 0.3) is 5.91 Å². The normalized spacial score (nSPS) is 10.8. The fourth-order valence-corrected chi connectivity index (χ4v) is 2.74. The zero-order valence-electron chi connectivity index (χ0n) is 14.7. The van der Waals surface area contributed by atoms with Gasteiger partial charge in [0.15, 0.2) is 5.69 Å². The molecule has 2 aromatic carbocycles. The van der Waals surface area contributed by atoms with Gasteiger partial charge < -0.3 is 15.5 Å². The molecule has 0 aliphatic carbocycles. The van der Waals surface area contributed by atoms with E-state index in [1.165, 1.54) is 16.8 Å². The number of hydrogen-bond donors (Lipinski definition) is 3. The highest BCUT2D eigenvalue weighted by atomic mass is 19.1. The number of amides is 1. The van der Waals surface area contributed by atoms with Gasteiger partial charge in [0.2, 0.25) is 0 Å². The zero-order chi connectivity index (χ0) is 19.4. The molecule has 0 atom stereocenters. The van der Waals surface area contributed by atoms with E-state index >= 15 is 0 Å². The smallest absolute Gasteiger partial charge is 0.278 e. The van der Waals surface area contributed by atoms with E-state index < -0.39 is 5.91 Å². The molecular weight excluding hydrogens is 351 g/mol. The average Bonchev–Trinajstić information content (AvgIpc) is 3.02. The Balaban J connectivity index is 1.79. The molecule has 0 spiro atoms. The van der Waals surface area contributed by atoms with Crippen molar-refractivity contribution in [1.82, 2.24) is 15.0 Å². The maximum absolute atomic E-state index is 13.3. The van der Waals surface area contributed by atoms with E-state index in [1.807, 2.05) is 0 Å². The summed E-state index contributed by atoms with van der Waals surface area (Å²) >= 11 is 0. The molecule has 8 heteroatoms. The van der Waals surface area contributed by atoms with Crippen LogP contribution in [0, 0.1) is 12.7 Å². The molecule has 7 nitrogen and oxygen atoms in total. The monoisotopic (exact) mass is 370 g/mol. The minimum atomic E-state index is -0.461. The molecule has 0 fully saturated rings. The fraction of sp³-hybridized carbons (Fsp3) is 0.211. The molecule has 1 amide bonds. The number of carbonyl (C=O) groups is 1. The van der Waals surface area contributed by atoms with E-state index in [4.69, 9.17) is 0 Å². The predicted octanol–water partition coefficient (Wildman–Crippen LogP) is 2.01. The van der Waals surface area contributed by atoms with Crippen molar-refractivity contribution in [1.29, 1.82) is 0 Å². The summed E-state index contributed by atoms with van der Waals surface area (Å²) in [5.74, 6) is -0.802. The molecule has 0 unspecified atom stereocenters. The first kappa shape index (κ1) is 18.7. The van der Waals surface area contributed by atoms with Crippen LogP contribution < -0.4 is 5.32 Å². The van der Waals surface area contributed by atoms with Crippen LogP contribution in [-0.2, 0) is 19.8 Å². The van der Waals surface area contributed by atoms with Crippen molar-refractivity contribution in [2.75, 3.05) is 5.32 Å². The first-order chi connectivity index (χ1) is 13.0. The third-order valence-corrected chi connectivity index (χ3v) is 4.09. The molecule has 0 saturated carbocycles. The van der Waals surface area contributed by atoms with Gasteiger partial charge in [-0.1, -0.05) is 23.4 Å².